The molecule has 0 spiro atoms. The van der Waals surface area contributed by atoms with Gasteiger partial charge in [-0.25, -0.2) is 0 Å². The lowest BCUT2D eigenvalue weighted by Crippen LogP contribution is -2.47. The summed E-state index contributed by atoms with van der Waals surface area (Å²) in [7, 11) is 0. The van der Waals surface area contributed by atoms with Crippen molar-refractivity contribution in [2.24, 2.45) is 0 Å². The van der Waals surface area contributed by atoms with Gasteiger partial charge in [0.05, 0.1) is 17.4 Å². The third kappa shape index (κ3) is 2.87. The predicted octanol–water partition coefficient (Wildman–Crippen LogP) is 1.92. The number of nitrogens with one attached hydrogen (secondary N) is 1. The van der Waals surface area contributed by atoms with Crippen molar-refractivity contribution in [2.75, 3.05) is 19.6 Å². The molecular weight excluding hydrogens is 224 g/mol. The molecule has 4 heteroatoms. The molecule has 0 bridgehead atoms. The maximum atomic E-state index is 4.52. The fraction of sp³-hybridized carbons (Fsp3) is 0.714. The molecule has 0 aromatic carbocycles. The first-order valence-corrected chi connectivity index (χ1v) is 6.98. The summed E-state index contributed by atoms with van der Waals surface area (Å²) in [5, 5.41) is 3.49. The van der Waals surface area contributed by atoms with Crippen LogP contribution in [0.2, 0.25) is 0 Å². The Kier molecular flexibility index (Phi) is 4.66. The largest absolute Gasteiger partial charge is 0.315 e. The van der Waals surface area contributed by atoms with Crippen LogP contribution in [0.1, 0.15) is 44.1 Å². The van der Waals surface area contributed by atoms with Crippen LogP contribution in [0.15, 0.2) is 12.4 Å². The zero-order chi connectivity index (χ0) is 13.0. The molecule has 2 heterocycles. The van der Waals surface area contributed by atoms with Crippen LogP contribution in [-0.4, -0.2) is 40.5 Å². The van der Waals surface area contributed by atoms with Gasteiger partial charge in [-0.05, 0) is 39.8 Å². The number of rotatable bonds is 4. The van der Waals surface area contributed by atoms with Crippen molar-refractivity contribution in [3.8, 4) is 0 Å². The highest BCUT2D eigenvalue weighted by Crippen LogP contribution is 2.24. The van der Waals surface area contributed by atoms with Crippen LogP contribution in [0.25, 0.3) is 0 Å². The van der Waals surface area contributed by atoms with E-state index < -0.39 is 0 Å². The smallest absolute Gasteiger partial charge is 0.0784 e. The van der Waals surface area contributed by atoms with Gasteiger partial charge in [0.2, 0.25) is 0 Å². The number of aryl methyl sites for hydroxylation is 1. The molecule has 1 aliphatic rings. The summed E-state index contributed by atoms with van der Waals surface area (Å²) in [6, 6.07) is 0.966. The monoisotopic (exact) mass is 248 g/mol. The Hall–Kier alpha value is -1.00. The van der Waals surface area contributed by atoms with Gasteiger partial charge in [0.25, 0.3) is 0 Å². The van der Waals surface area contributed by atoms with Crippen LogP contribution in [0.4, 0.5) is 0 Å². The van der Waals surface area contributed by atoms with Gasteiger partial charge in [0.15, 0.2) is 0 Å². The first-order chi connectivity index (χ1) is 8.74. The Morgan fingerprint density at radius 2 is 2.22 bits per heavy atom. The van der Waals surface area contributed by atoms with Gasteiger partial charge in [-0.2, -0.15) is 0 Å². The van der Waals surface area contributed by atoms with Gasteiger partial charge < -0.3 is 5.32 Å². The quantitative estimate of drug-likeness (QED) is 0.884. The van der Waals surface area contributed by atoms with Crippen LogP contribution in [0.3, 0.4) is 0 Å². The van der Waals surface area contributed by atoms with E-state index in [0.29, 0.717) is 12.1 Å². The molecule has 100 valence electrons. The number of aromatic nitrogens is 2. The number of hydrogen-bond donors (Lipinski definition) is 1. The van der Waals surface area contributed by atoms with E-state index in [2.05, 4.69) is 34.0 Å². The van der Waals surface area contributed by atoms with E-state index in [-0.39, 0.29) is 0 Å². The molecule has 1 aliphatic heterocycles. The highest BCUT2D eigenvalue weighted by molar-refractivity contribution is 5.13. The summed E-state index contributed by atoms with van der Waals surface area (Å²) in [6.07, 6.45) is 6.12. The molecule has 1 aromatic heterocycles. The predicted molar refractivity (Wildman–Crippen MR) is 73.5 cm³/mol. The van der Waals surface area contributed by atoms with Crippen molar-refractivity contribution in [3.05, 3.63) is 23.8 Å². The number of piperidine rings is 1. The molecule has 1 aromatic rings. The van der Waals surface area contributed by atoms with Crippen LogP contribution in [0, 0.1) is 6.92 Å². The zero-order valence-electron chi connectivity index (χ0n) is 11.7. The minimum Gasteiger partial charge on any atom is -0.315 e. The first-order valence-electron chi connectivity index (χ1n) is 6.98. The lowest BCUT2D eigenvalue weighted by atomic mass is 10.0. The molecule has 4 nitrogen and oxygen atoms in total. The van der Waals surface area contributed by atoms with Crippen molar-refractivity contribution in [1.29, 1.82) is 0 Å². The summed E-state index contributed by atoms with van der Waals surface area (Å²) in [5.74, 6) is 0. The Morgan fingerprint density at radius 1 is 1.44 bits per heavy atom. The van der Waals surface area contributed by atoms with Gasteiger partial charge in [0.1, 0.15) is 0 Å². The van der Waals surface area contributed by atoms with E-state index in [1.165, 1.54) is 12.8 Å². The molecule has 1 saturated heterocycles. The van der Waals surface area contributed by atoms with E-state index in [9.17, 15) is 0 Å². The standard InChI is InChI=1S/C14H24N4/c1-4-18(13-6-5-7-15-10-13)12(3)14-11(2)16-8-9-17-14/h8-9,12-13,15H,4-7,10H2,1-3H3. The molecule has 0 radical (unpaired) electrons. The van der Waals surface area contributed by atoms with Crippen molar-refractivity contribution in [1.82, 2.24) is 20.2 Å². The molecular formula is C14H24N4. The molecule has 2 rings (SSSR count). The topological polar surface area (TPSA) is 41.0 Å². The number of nitrogens with zero attached hydrogens (tertiary/aromatic N) is 3. The molecule has 2 atom stereocenters. The van der Waals surface area contributed by atoms with Crippen molar-refractivity contribution >= 4 is 0 Å². The minimum atomic E-state index is 0.341. The average molecular weight is 248 g/mol. The second kappa shape index (κ2) is 6.25. The summed E-state index contributed by atoms with van der Waals surface area (Å²) in [6.45, 7) is 9.84. The molecule has 0 aliphatic carbocycles. The molecule has 2 unspecified atom stereocenters. The van der Waals surface area contributed by atoms with Crippen molar-refractivity contribution in [3.63, 3.8) is 0 Å². The Morgan fingerprint density at radius 3 is 2.83 bits per heavy atom. The third-order valence-electron chi connectivity index (χ3n) is 3.92. The average Bonchev–Trinajstić information content (AvgIpc) is 2.41. The Balaban J connectivity index is 2.14. The van der Waals surface area contributed by atoms with Crippen molar-refractivity contribution in [2.45, 2.75) is 45.7 Å². The van der Waals surface area contributed by atoms with Gasteiger partial charge in [-0.15, -0.1) is 0 Å². The van der Waals surface area contributed by atoms with Crippen LogP contribution < -0.4 is 5.32 Å². The summed E-state index contributed by atoms with van der Waals surface area (Å²) in [5.41, 5.74) is 2.16. The lowest BCUT2D eigenvalue weighted by molar-refractivity contribution is 0.125. The third-order valence-corrected chi connectivity index (χ3v) is 3.92. The first kappa shape index (κ1) is 13.4. The van der Waals surface area contributed by atoms with Gasteiger partial charge in [0, 0.05) is 25.0 Å². The maximum Gasteiger partial charge on any atom is 0.0784 e. The Labute approximate surface area is 110 Å². The van der Waals surface area contributed by atoms with E-state index in [1.807, 2.05) is 6.92 Å². The summed E-state index contributed by atoms with van der Waals surface area (Å²) in [4.78, 5) is 11.4. The van der Waals surface area contributed by atoms with E-state index in [1.54, 1.807) is 12.4 Å². The van der Waals surface area contributed by atoms with Gasteiger partial charge >= 0.3 is 0 Å². The van der Waals surface area contributed by atoms with E-state index >= 15 is 0 Å². The minimum absolute atomic E-state index is 0.341. The zero-order valence-corrected chi connectivity index (χ0v) is 11.7. The highest BCUT2D eigenvalue weighted by Gasteiger charge is 2.26. The highest BCUT2D eigenvalue weighted by atomic mass is 15.2. The second-order valence-corrected chi connectivity index (χ2v) is 5.03. The fourth-order valence-electron chi connectivity index (χ4n) is 2.95. The maximum absolute atomic E-state index is 4.52. The summed E-state index contributed by atoms with van der Waals surface area (Å²) >= 11 is 0. The fourth-order valence-corrected chi connectivity index (χ4v) is 2.95. The molecule has 18 heavy (non-hydrogen) atoms. The van der Waals surface area contributed by atoms with Crippen LogP contribution in [0.5, 0.6) is 0 Å². The Bertz CT molecular complexity index is 374. The lowest BCUT2D eigenvalue weighted by Gasteiger charge is -2.38. The van der Waals surface area contributed by atoms with Crippen molar-refractivity contribution < 1.29 is 0 Å². The molecule has 0 amide bonds. The van der Waals surface area contributed by atoms with Gasteiger partial charge in [-0.3, -0.25) is 14.9 Å². The number of likely N-dealkylation sites (N-methyl/N-ethyl adjacent to an activating group) is 1. The SMILES string of the molecule is CCN(C1CCCNC1)C(C)c1nccnc1C. The van der Waals surface area contributed by atoms with E-state index in [4.69, 9.17) is 0 Å². The molecule has 1 fully saturated rings. The van der Waals surface area contributed by atoms with Crippen LogP contribution >= 0.6 is 0 Å². The molecule has 1 N–H and O–H groups in total. The molecule has 0 saturated carbocycles. The van der Waals surface area contributed by atoms with E-state index in [0.717, 1.165) is 31.0 Å². The summed E-state index contributed by atoms with van der Waals surface area (Å²) < 4.78 is 0. The normalized spacial score (nSPS) is 22.1. The van der Waals surface area contributed by atoms with Crippen LogP contribution in [-0.2, 0) is 0 Å². The number of hydrogen-bond acceptors (Lipinski definition) is 4. The second-order valence-electron chi connectivity index (χ2n) is 5.03. The van der Waals surface area contributed by atoms with Gasteiger partial charge in [-0.1, -0.05) is 6.92 Å².